The molecule has 0 bridgehead atoms. The van der Waals surface area contributed by atoms with Crippen molar-refractivity contribution in [1.82, 2.24) is 0 Å². The zero-order valence-electron chi connectivity index (χ0n) is 17.4. The summed E-state index contributed by atoms with van der Waals surface area (Å²) in [5.74, 6) is -2.71. The summed E-state index contributed by atoms with van der Waals surface area (Å²) in [6, 6.07) is 12.3. The molecule has 176 valence electrons. The van der Waals surface area contributed by atoms with E-state index in [1.165, 1.54) is 29.4 Å². The summed E-state index contributed by atoms with van der Waals surface area (Å²) < 4.78 is 46.0. The van der Waals surface area contributed by atoms with Gasteiger partial charge in [-0.2, -0.15) is 13.2 Å². The van der Waals surface area contributed by atoms with Gasteiger partial charge in [-0.3, -0.25) is 14.4 Å². The van der Waals surface area contributed by atoms with E-state index < -0.39 is 35.2 Å². The number of nitrogens with one attached hydrogen (secondary N) is 2. The maximum atomic E-state index is 13.7. The molecule has 1 aliphatic heterocycles. The number of carbonyl (C=O) groups is 3. The molecule has 3 aromatic rings. The molecule has 2 aromatic carbocycles. The van der Waals surface area contributed by atoms with Crippen LogP contribution in [-0.4, -0.2) is 24.3 Å². The van der Waals surface area contributed by atoms with Gasteiger partial charge in [0, 0.05) is 29.4 Å². The van der Waals surface area contributed by atoms with Crippen molar-refractivity contribution in [2.75, 3.05) is 22.1 Å². The summed E-state index contributed by atoms with van der Waals surface area (Å²) in [6.45, 7) is 0.00362. The Bertz CT molecular complexity index is 1240. The van der Waals surface area contributed by atoms with Crippen molar-refractivity contribution in [2.45, 2.75) is 12.6 Å². The van der Waals surface area contributed by atoms with E-state index in [0.29, 0.717) is 16.8 Å². The molecular formula is C23H17ClF3N3O4. The quantitative estimate of drug-likeness (QED) is 0.513. The average molecular weight is 492 g/mol. The Hall–Kier alpha value is -3.79. The van der Waals surface area contributed by atoms with Crippen molar-refractivity contribution in [3.05, 3.63) is 77.2 Å². The molecule has 7 nitrogen and oxygen atoms in total. The van der Waals surface area contributed by atoms with Crippen LogP contribution >= 0.6 is 11.6 Å². The minimum Gasteiger partial charge on any atom is -0.459 e. The van der Waals surface area contributed by atoms with Crippen molar-refractivity contribution in [3.8, 4) is 0 Å². The highest BCUT2D eigenvalue weighted by Crippen LogP contribution is 2.37. The molecule has 0 saturated carbocycles. The van der Waals surface area contributed by atoms with E-state index in [4.69, 9.17) is 16.0 Å². The lowest BCUT2D eigenvalue weighted by Crippen LogP contribution is -2.28. The number of halogens is 4. The zero-order valence-corrected chi connectivity index (χ0v) is 18.1. The summed E-state index contributed by atoms with van der Waals surface area (Å²) in [6.07, 6.45) is -3.71. The highest BCUT2D eigenvalue weighted by Gasteiger charge is 2.38. The number of carbonyl (C=O) groups excluding carboxylic acids is 3. The van der Waals surface area contributed by atoms with Gasteiger partial charge < -0.3 is 20.0 Å². The minimum atomic E-state index is -4.81. The second-order valence-corrected chi connectivity index (χ2v) is 8.00. The van der Waals surface area contributed by atoms with E-state index in [-0.39, 0.29) is 30.3 Å². The first-order valence-corrected chi connectivity index (χ1v) is 10.4. The number of nitrogens with zero attached hydrogens (tertiary/aromatic N) is 1. The molecule has 4 rings (SSSR count). The highest BCUT2D eigenvalue weighted by atomic mass is 35.5. The number of anilines is 3. The van der Waals surface area contributed by atoms with Crippen molar-refractivity contribution in [2.24, 2.45) is 5.92 Å². The Morgan fingerprint density at radius 2 is 1.85 bits per heavy atom. The number of amides is 3. The third-order valence-electron chi connectivity index (χ3n) is 5.20. The van der Waals surface area contributed by atoms with Crippen LogP contribution in [0.2, 0.25) is 5.02 Å². The van der Waals surface area contributed by atoms with E-state index >= 15 is 0 Å². The summed E-state index contributed by atoms with van der Waals surface area (Å²) >= 11 is 5.96. The van der Waals surface area contributed by atoms with Gasteiger partial charge in [0.15, 0.2) is 5.76 Å². The minimum absolute atomic E-state index is 0.00362. The van der Waals surface area contributed by atoms with Crippen molar-refractivity contribution in [3.63, 3.8) is 0 Å². The van der Waals surface area contributed by atoms with E-state index in [9.17, 15) is 27.6 Å². The second kappa shape index (κ2) is 9.22. The number of hydrogen-bond acceptors (Lipinski definition) is 4. The Kier molecular flexibility index (Phi) is 6.34. The van der Waals surface area contributed by atoms with Crippen LogP contribution in [0.3, 0.4) is 0 Å². The number of furan rings is 1. The van der Waals surface area contributed by atoms with Crippen molar-refractivity contribution < 1.29 is 32.0 Å². The van der Waals surface area contributed by atoms with Crippen LogP contribution in [-0.2, 0) is 15.8 Å². The van der Waals surface area contributed by atoms with Crippen LogP contribution in [0, 0.1) is 5.92 Å². The lowest BCUT2D eigenvalue weighted by atomic mass is 10.1. The summed E-state index contributed by atoms with van der Waals surface area (Å²) in [5, 5.41) is 5.00. The molecule has 34 heavy (non-hydrogen) atoms. The fraction of sp³-hybridized carbons (Fsp3) is 0.174. The Morgan fingerprint density at radius 3 is 2.53 bits per heavy atom. The van der Waals surface area contributed by atoms with Crippen LogP contribution in [0.5, 0.6) is 0 Å². The number of hydrogen-bond donors (Lipinski definition) is 2. The summed E-state index contributed by atoms with van der Waals surface area (Å²) in [7, 11) is 0. The van der Waals surface area contributed by atoms with Gasteiger partial charge in [0.25, 0.3) is 5.91 Å². The number of alkyl halides is 3. The molecular weight excluding hydrogens is 475 g/mol. The first-order chi connectivity index (χ1) is 16.1. The van der Waals surface area contributed by atoms with E-state index in [1.54, 1.807) is 24.3 Å². The Morgan fingerprint density at radius 1 is 1.06 bits per heavy atom. The van der Waals surface area contributed by atoms with Crippen LogP contribution < -0.4 is 15.5 Å². The van der Waals surface area contributed by atoms with E-state index in [2.05, 4.69) is 10.6 Å². The molecule has 2 heterocycles. The molecule has 1 saturated heterocycles. The fourth-order valence-electron chi connectivity index (χ4n) is 3.58. The maximum absolute atomic E-state index is 13.7. The fourth-order valence-corrected chi connectivity index (χ4v) is 3.76. The maximum Gasteiger partial charge on any atom is 0.418 e. The topological polar surface area (TPSA) is 91.7 Å². The lowest BCUT2D eigenvalue weighted by Gasteiger charge is -2.18. The lowest BCUT2D eigenvalue weighted by molar-refractivity contribution is -0.137. The molecule has 1 unspecified atom stereocenters. The molecule has 1 fully saturated rings. The number of rotatable bonds is 5. The standard InChI is InChI=1S/C23H17ClF3N3O4/c24-14-3-1-4-16(10-14)30-12-13(9-20(30)31)21(32)29-18-7-6-15(11-17(18)23(25,26)27)28-22(33)19-5-2-8-34-19/h1-8,10-11,13H,9,12H2,(H,28,33)(H,29,32). The monoisotopic (exact) mass is 491 g/mol. The summed E-state index contributed by atoms with van der Waals surface area (Å²) in [5.41, 5.74) is -1.26. The van der Waals surface area contributed by atoms with Gasteiger partial charge >= 0.3 is 6.18 Å². The van der Waals surface area contributed by atoms with Gasteiger partial charge in [-0.1, -0.05) is 17.7 Å². The SMILES string of the molecule is O=C(Nc1ccc(NC(=O)C2CC(=O)N(c3cccc(Cl)c3)C2)c(C(F)(F)F)c1)c1ccco1. The first kappa shape index (κ1) is 23.4. The van der Waals surface area contributed by atoms with Gasteiger partial charge in [0.2, 0.25) is 11.8 Å². The predicted octanol–water partition coefficient (Wildman–Crippen LogP) is 5.20. The predicted molar refractivity (Wildman–Crippen MR) is 119 cm³/mol. The normalized spacial score (nSPS) is 15.9. The van der Waals surface area contributed by atoms with Gasteiger partial charge in [0.1, 0.15) is 0 Å². The van der Waals surface area contributed by atoms with E-state index in [1.807, 2.05) is 0 Å². The van der Waals surface area contributed by atoms with Gasteiger partial charge in [-0.25, -0.2) is 0 Å². The Balaban J connectivity index is 1.51. The third-order valence-corrected chi connectivity index (χ3v) is 5.44. The molecule has 2 N–H and O–H groups in total. The molecule has 1 aliphatic rings. The van der Waals surface area contributed by atoms with Crippen LogP contribution in [0.15, 0.2) is 65.3 Å². The third kappa shape index (κ3) is 5.07. The molecule has 1 aromatic heterocycles. The van der Waals surface area contributed by atoms with Gasteiger partial charge in [-0.15, -0.1) is 0 Å². The van der Waals surface area contributed by atoms with Gasteiger partial charge in [0.05, 0.1) is 23.4 Å². The molecule has 1 atom stereocenters. The highest BCUT2D eigenvalue weighted by molar-refractivity contribution is 6.31. The van der Waals surface area contributed by atoms with Crippen molar-refractivity contribution >= 4 is 46.4 Å². The summed E-state index contributed by atoms with van der Waals surface area (Å²) in [4.78, 5) is 38.6. The van der Waals surface area contributed by atoms with Crippen LogP contribution in [0.4, 0.5) is 30.2 Å². The van der Waals surface area contributed by atoms with Crippen LogP contribution in [0.25, 0.3) is 0 Å². The average Bonchev–Trinajstić information content (AvgIpc) is 3.44. The molecule has 3 amide bonds. The molecule has 0 aliphatic carbocycles. The Labute approximate surface area is 196 Å². The zero-order chi connectivity index (χ0) is 24.5. The van der Waals surface area contributed by atoms with Gasteiger partial charge in [-0.05, 0) is 48.5 Å². The largest absolute Gasteiger partial charge is 0.459 e. The van der Waals surface area contributed by atoms with Crippen molar-refractivity contribution in [1.29, 1.82) is 0 Å². The second-order valence-electron chi connectivity index (χ2n) is 7.56. The first-order valence-electron chi connectivity index (χ1n) is 10.0. The number of benzene rings is 2. The molecule has 0 radical (unpaired) electrons. The molecule has 0 spiro atoms. The molecule has 11 heteroatoms. The smallest absolute Gasteiger partial charge is 0.418 e. The van der Waals surface area contributed by atoms with Crippen LogP contribution in [0.1, 0.15) is 22.5 Å². The van der Waals surface area contributed by atoms with E-state index in [0.717, 1.165) is 6.07 Å².